The van der Waals surface area contributed by atoms with Gasteiger partial charge in [0.2, 0.25) is 0 Å². The summed E-state index contributed by atoms with van der Waals surface area (Å²) in [6.07, 6.45) is 7.33. The van der Waals surface area contributed by atoms with Crippen LogP contribution in [0.5, 0.6) is 0 Å². The minimum absolute atomic E-state index is 0.00672. The second kappa shape index (κ2) is 9.51. The fourth-order valence-electron chi connectivity index (χ4n) is 4.04. The molecule has 0 bridgehead atoms. The molecule has 6 nitrogen and oxygen atoms in total. The van der Waals surface area contributed by atoms with Crippen LogP contribution in [0.1, 0.15) is 57.0 Å². The second-order valence-corrected chi connectivity index (χ2v) is 7.94. The number of hydrogen-bond acceptors (Lipinski definition) is 4. The normalized spacial score (nSPS) is 16.4. The Hall–Kier alpha value is -3.54. The summed E-state index contributed by atoms with van der Waals surface area (Å²) in [6, 6.07) is 16.0. The zero-order valence-corrected chi connectivity index (χ0v) is 17.6. The van der Waals surface area contributed by atoms with Crippen LogP contribution < -0.4 is 5.32 Å². The summed E-state index contributed by atoms with van der Waals surface area (Å²) >= 11 is 0. The predicted octanol–water partition coefficient (Wildman–Crippen LogP) is 4.45. The molecule has 1 saturated heterocycles. The molecule has 1 fully saturated rings. The minimum atomic E-state index is -0.297. The maximum atomic E-state index is 13.2. The molecule has 3 aromatic rings. The highest BCUT2D eigenvalue weighted by Crippen LogP contribution is 2.29. The Kier molecular flexibility index (Phi) is 6.36. The molecule has 0 saturated carbocycles. The molecule has 0 aliphatic carbocycles. The summed E-state index contributed by atoms with van der Waals surface area (Å²) in [5.41, 5.74) is 3.82. The van der Waals surface area contributed by atoms with E-state index in [-0.39, 0.29) is 11.8 Å². The van der Waals surface area contributed by atoms with Gasteiger partial charge in [-0.25, -0.2) is 9.97 Å². The van der Waals surface area contributed by atoms with Crippen LogP contribution in [0.3, 0.4) is 0 Å². The number of carbonyl (C=O) groups excluding carboxylic acids is 2. The number of likely N-dealkylation sites (tertiary alicyclic amines) is 1. The average molecular weight is 415 g/mol. The molecule has 0 spiro atoms. The highest BCUT2D eigenvalue weighted by molar-refractivity contribution is 6.05. The number of nitrogens with one attached hydrogen (secondary N) is 1. The lowest BCUT2D eigenvalue weighted by Gasteiger charge is -2.21. The van der Waals surface area contributed by atoms with Crippen molar-refractivity contribution in [3.8, 4) is 0 Å². The van der Waals surface area contributed by atoms with E-state index in [0.717, 1.165) is 37.9 Å². The number of nitrogens with zero attached hydrogens (tertiary/aromatic N) is 3. The van der Waals surface area contributed by atoms with Crippen molar-refractivity contribution in [1.82, 2.24) is 14.9 Å². The molecule has 1 aliphatic rings. The Balaban J connectivity index is 1.46. The van der Waals surface area contributed by atoms with Gasteiger partial charge in [-0.15, -0.1) is 0 Å². The van der Waals surface area contributed by atoms with Crippen molar-refractivity contribution in [2.24, 2.45) is 0 Å². The first-order valence-corrected chi connectivity index (χ1v) is 10.6. The zero-order valence-electron chi connectivity index (χ0n) is 17.6. The van der Waals surface area contributed by atoms with Crippen LogP contribution in [0, 0.1) is 6.92 Å². The van der Waals surface area contributed by atoms with Crippen molar-refractivity contribution in [2.45, 2.75) is 32.1 Å². The van der Waals surface area contributed by atoms with E-state index in [0.29, 0.717) is 22.7 Å². The highest BCUT2D eigenvalue weighted by atomic mass is 16.2. The number of anilines is 1. The fourth-order valence-corrected chi connectivity index (χ4v) is 4.04. The Morgan fingerprint density at radius 1 is 0.968 bits per heavy atom. The lowest BCUT2D eigenvalue weighted by Crippen LogP contribution is -2.32. The first kappa shape index (κ1) is 20.7. The van der Waals surface area contributed by atoms with Crippen LogP contribution in [-0.2, 0) is 0 Å². The van der Waals surface area contributed by atoms with Crippen molar-refractivity contribution in [2.75, 3.05) is 18.4 Å². The van der Waals surface area contributed by atoms with Gasteiger partial charge < -0.3 is 10.2 Å². The average Bonchev–Trinajstić information content (AvgIpc) is 3.07. The molecule has 2 heterocycles. The quantitative estimate of drug-likeness (QED) is 0.685. The third-order valence-corrected chi connectivity index (χ3v) is 5.84. The van der Waals surface area contributed by atoms with E-state index >= 15 is 0 Å². The van der Waals surface area contributed by atoms with Crippen molar-refractivity contribution >= 4 is 17.5 Å². The Morgan fingerprint density at radius 3 is 2.52 bits per heavy atom. The van der Waals surface area contributed by atoms with Crippen LogP contribution in [0.15, 0.2) is 67.3 Å². The van der Waals surface area contributed by atoms with E-state index in [1.54, 1.807) is 6.07 Å². The van der Waals surface area contributed by atoms with E-state index in [1.807, 2.05) is 30.0 Å². The minimum Gasteiger partial charge on any atom is -0.339 e. The number of aryl methyl sites for hydroxylation is 1. The molecule has 1 atom stereocenters. The van der Waals surface area contributed by atoms with E-state index in [9.17, 15) is 9.59 Å². The number of rotatable bonds is 4. The summed E-state index contributed by atoms with van der Waals surface area (Å²) in [6.45, 7) is 3.39. The molecule has 1 N–H and O–H groups in total. The maximum Gasteiger partial charge on any atom is 0.258 e. The topological polar surface area (TPSA) is 75.2 Å². The second-order valence-electron chi connectivity index (χ2n) is 7.94. The van der Waals surface area contributed by atoms with Gasteiger partial charge in [0.1, 0.15) is 6.33 Å². The van der Waals surface area contributed by atoms with Crippen molar-refractivity contribution < 1.29 is 9.59 Å². The van der Waals surface area contributed by atoms with Gasteiger partial charge in [0.05, 0.1) is 5.56 Å². The summed E-state index contributed by atoms with van der Waals surface area (Å²) in [5, 5.41) is 2.88. The molecular formula is C25H26N4O2. The van der Waals surface area contributed by atoms with Gasteiger partial charge in [-0.05, 0) is 55.4 Å². The first-order valence-electron chi connectivity index (χ1n) is 10.6. The van der Waals surface area contributed by atoms with Gasteiger partial charge in [0.25, 0.3) is 11.8 Å². The number of aromatic nitrogens is 2. The molecule has 2 aromatic carbocycles. The standard InChI is InChI=1S/C25H26N4O2/c1-18-9-10-21(14-23(18)28-24(30)22-15-26-17-27-16-22)25(31)29-12-5-8-20(11-13-29)19-6-3-2-4-7-19/h2-4,6-7,9-10,14-17,20H,5,8,11-13H2,1H3,(H,28,30). The zero-order chi connectivity index (χ0) is 21.6. The van der Waals surface area contributed by atoms with Crippen molar-refractivity contribution in [1.29, 1.82) is 0 Å². The van der Waals surface area contributed by atoms with Crippen molar-refractivity contribution in [3.05, 3.63) is 89.5 Å². The molecule has 6 heteroatoms. The Morgan fingerprint density at radius 2 is 1.74 bits per heavy atom. The third-order valence-electron chi connectivity index (χ3n) is 5.84. The SMILES string of the molecule is Cc1ccc(C(=O)N2CCCC(c3ccccc3)CC2)cc1NC(=O)c1cncnc1. The van der Waals surface area contributed by atoms with Gasteiger partial charge in [0.15, 0.2) is 0 Å². The molecular weight excluding hydrogens is 388 g/mol. The molecule has 1 aliphatic heterocycles. The lowest BCUT2D eigenvalue weighted by molar-refractivity contribution is 0.0760. The van der Waals surface area contributed by atoms with Crippen LogP contribution in [0.4, 0.5) is 5.69 Å². The molecule has 0 radical (unpaired) electrons. The number of carbonyl (C=O) groups is 2. The monoisotopic (exact) mass is 414 g/mol. The molecule has 2 amide bonds. The van der Waals surface area contributed by atoms with Gasteiger partial charge in [0, 0.05) is 36.7 Å². The van der Waals surface area contributed by atoms with E-state index < -0.39 is 0 Å². The molecule has 158 valence electrons. The maximum absolute atomic E-state index is 13.2. The summed E-state index contributed by atoms with van der Waals surface area (Å²) < 4.78 is 0. The fraction of sp³-hybridized carbons (Fsp3) is 0.280. The molecule has 31 heavy (non-hydrogen) atoms. The predicted molar refractivity (Wildman–Crippen MR) is 120 cm³/mol. The molecule has 4 rings (SSSR count). The summed E-state index contributed by atoms with van der Waals surface area (Å²) in [7, 11) is 0. The number of hydrogen-bond donors (Lipinski definition) is 1. The summed E-state index contributed by atoms with van der Waals surface area (Å²) in [4.78, 5) is 35.4. The smallest absolute Gasteiger partial charge is 0.258 e. The largest absolute Gasteiger partial charge is 0.339 e. The number of amides is 2. The summed E-state index contributed by atoms with van der Waals surface area (Å²) in [5.74, 6) is 0.195. The van der Waals surface area contributed by atoms with Crippen molar-refractivity contribution in [3.63, 3.8) is 0 Å². The first-order chi connectivity index (χ1) is 15.1. The lowest BCUT2D eigenvalue weighted by atomic mass is 9.92. The molecule has 1 unspecified atom stereocenters. The van der Waals surface area contributed by atoms with Gasteiger partial charge in [-0.3, -0.25) is 9.59 Å². The van der Waals surface area contributed by atoms with Crippen LogP contribution in [0.2, 0.25) is 0 Å². The Bertz CT molecular complexity index is 1050. The van der Waals surface area contributed by atoms with Gasteiger partial charge >= 0.3 is 0 Å². The number of benzene rings is 2. The van der Waals surface area contributed by atoms with E-state index in [2.05, 4.69) is 39.6 Å². The van der Waals surface area contributed by atoms with Crippen LogP contribution >= 0.6 is 0 Å². The van der Waals surface area contributed by atoms with Gasteiger partial charge in [-0.1, -0.05) is 36.4 Å². The third kappa shape index (κ3) is 4.97. The highest BCUT2D eigenvalue weighted by Gasteiger charge is 2.23. The van der Waals surface area contributed by atoms with E-state index in [1.165, 1.54) is 24.3 Å². The molecule has 1 aromatic heterocycles. The Labute approximate surface area is 182 Å². The van der Waals surface area contributed by atoms with Gasteiger partial charge in [-0.2, -0.15) is 0 Å². The van der Waals surface area contributed by atoms with Crippen LogP contribution in [0.25, 0.3) is 0 Å². The van der Waals surface area contributed by atoms with Crippen LogP contribution in [-0.4, -0.2) is 39.8 Å². The van der Waals surface area contributed by atoms with E-state index in [4.69, 9.17) is 0 Å².